The predicted octanol–water partition coefficient (Wildman–Crippen LogP) is 5.27. The molecule has 1 aromatic carbocycles. The van der Waals surface area contributed by atoms with E-state index in [0.29, 0.717) is 16.0 Å². The number of hydrogen-bond donors (Lipinski definition) is 0. The highest BCUT2D eigenvalue weighted by Gasteiger charge is 2.32. The molecule has 0 bridgehead atoms. The van der Waals surface area contributed by atoms with E-state index in [0.717, 1.165) is 37.9 Å². The van der Waals surface area contributed by atoms with Crippen molar-refractivity contribution in [1.29, 1.82) is 0 Å². The lowest BCUT2D eigenvalue weighted by atomic mass is 9.76. The third kappa shape index (κ3) is 5.67. The van der Waals surface area contributed by atoms with Crippen LogP contribution in [0.2, 0.25) is 10.0 Å². The van der Waals surface area contributed by atoms with Crippen molar-refractivity contribution in [2.24, 2.45) is 5.92 Å². The molecule has 0 unspecified atom stereocenters. The van der Waals surface area contributed by atoms with E-state index in [1.807, 2.05) is 12.1 Å². The maximum atomic E-state index is 6.46. The number of aryl methyl sites for hydroxylation is 1. The Labute approximate surface area is 151 Å². The molecule has 23 heavy (non-hydrogen) atoms. The molecule has 0 saturated carbocycles. The average molecular weight is 357 g/mol. The quantitative estimate of drug-likeness (QED) is 0.466. The molecule has 1 heterocycles. The van der Waals surface area contributed by atoms with E-state index >= 15 is 0 Å². The van der Waals surface area contributed by atoms with Gasteiger partial charge >= 0.3 is 7.12 Å². The molecule has 0 aromatic heterocycles. The van der Waals surface area contributed by atoms with Crippen LogP contribution in [0.1, 0.15) is 57.9 Å². The Morgan fingerprint density at radius 3 is 2.17 bits per heavy atom. The molecule has 0 atom stereocenters. The summed E-state index contributed by atoms with van der Waals surface area (Å²) in [7, 11) is -0.433. The van der Waals surface area contributed by atoms with E-state index in [1.54, 1.807) is 0 Å². The summed E-state index contributed by atoms with van der Waals surface area (Å²) < 4.78 is 11.8. The van der Waals surface area contributed by atoms with Crippen LogP contribution in [0.5, 0.6) is 0 Å². The maximum absolute atomic E-state index is 6.46. The summed E-state index contributed by atoms with van der Waals surface area (Å²) in [5, 5.41) is 1.31. The van der Waals surface area contributed by atoms with E-state index < -0.39 is 7.12 Å². The lowest BCUT2D eigenvalue weighted by molar-refractivity contribution is 0.0813. The fraction of sp³-hybridized carbons (Fsp3) is 0.667. The molecular weight excluding hydrogens is 330 g/mol. The zero-order valence-corrected chi connectivity index (χ0v) is 15.8. The molecule has 0 amide bonds. The molecule has 128 valence electrons. The third-order valence-corrected chi connectivity index (χ3v) is 5.00. The standard InChI is InChI=1S/C18H27BCl2O2/c1-3-5-7-9-14-10-16(20)18(17(21)11-14)19-22-12-15(13-23-19)8-6-4-2/h10-11,15H,3-9,12-13H2,1-2H3. The molecule has 5 heteroatoms. The van der Waals surface area contributed by atoms with Gasteiger partial charge in [0.2, 0.25) is 0 Å². The molecular formula is C18H27BCl2O2. The number of benzene rings is 1. The van der Waals surface area contributed by atoms with E-state index in [9.17, 15) is 0 Å². The van der Waals surface area contributed by atoms with Crippen molar-refractivity contribution in [3.63, 3.8) is 0 Å². The first-order valence-electron chi connectivity index (χ1n) is 8.86. The van der Waals surface area contributed by atoms with Gasteiger partial charge in [-0.3, -0.25) is 0 Å². The second-order valence-electron chi connectivity index (χ2n) is 6.44. The highest BCUT2D eigenvalue weighted by Crippen LogP contribution is 2.23. The lowest BCUT2D eigenvalue weighted by Gasteiger charge is -2.28. The van der Waals surface area contributed by atoms with Crippen LogP contribution in [0, 0.1) is 5.92 Å². The topological polar surface area (TPSA) is 18.5 Å². The number of unbranched alkanes of at least 4 members (excludes halogenated alkanes) is 3. The fourth-order valence-corrected chi connectivity index (χ4v) is 3.67. The lowest BCUT2D eigenvalue weighted by Crippen LogP contribution is -2.45. The van der Waals surface area contributed by atoms with Gasteiger partial charge in [-0.25, -0.2) is 0 Å². The summed E-state index contributed by atoms with van der Waals surface area (Å²) >= 11 is 12.9. The Balaban J connectivity index is 1.97. The number of hydrogen-bond acceptors (Lipinski definition) is 2. The van der Waals surface area contributed by atoms with E-state index in [1.165, 1.54) is 31.2 Å². The Bertz CT molecular complexity index is 465. The van der Waals surface area contributed by atoms with Crippen molar-refractivity contribution in [3.05, 3.63) is 27.7 Å². The van der Waals surface area contributed by atoms with Gasteiger partial charge in [0.25, 0.3) is 0 Å². The molecule has 1 aliphatic rings. The highest BCUT2D eigenvalue weighted by atomic mass is 35.5. The summed E-state index contributed by atoms with van der Waals surface area (Å²) in [6.07, 6.45) is 8.19. The zero-order chi connectivity index (χ0) is 16.7. The van der Waals surface area contributed by atoms with Crippen molar-refractivity contribution in [2.45, 2.75) is 58.8 Å². The smallest absolute Gasteiger partial charge is 0.407 e. The van der Waals surface area contributed by atoms with Gasteiger partial charge in [0.05, 0.1) is 0 Å². The van der Waals surface area contributed by atoms with Gasteiger partial charge in [0, 0.05) is 34.6 Å². The van der Waals surface area contributed by atoms with Crippen molar-refractivity contribution in [3.8, 4) is 0 Å². The minimum Gasteiger partial charge on any atom is -0.407 e. The first kappa shape index (κ1) is 19.1. The predicted molar refractivity (Wildman–Crippen MR) is 100.0 cm³/mol. The fourth-order valence-electron chi connectivity index (χ4n) is 2.95. The average Bonchev–Trinajstić information content (AvgIpc) is 2.54. The van der Waals surface area contributed by atoms with Gasteiger partial charge in [-0.2, -0.15) is 0 Å². The molecule has 1 aliphatic heterocycles. The minimum atomic E-state index is -0.433. The third-order valence-electron chi connectivity index (χ3n) is 4.38. The molecule has 0 radical (unpaired) electrons. The molecule has 0 N–H and O–H groups in total. The van der Waals surface area contributed by atoms with Crippen LogP contribution in [0.3, 0.4) is 0 Å². The molecule has 2 rings (SSSR count). The molecule has 0 aliphatic carbocycles. The van der Waals surface area contributed by atoms with Gasteiger partial charge in [-0.05, 0) is 37.0 Å². The Morgan fingerprint density at radius 2 is 1.61 bits per heavy atom. The minimum absolute atomic E-state index is 0.433. The Kier molecular flexibility index (Phi) is 8.25. The normalized spacial score (nSPS) is 16.1. The van der Waals surface area contributed by atoms with E-state index in [-0.39, 0.29) is 0 Å². The van der Waals surface area contributed by atoms with Crippen LogP contribution in [0.15, 0.2) is 12.1 Å². The second-order valence-corrected chi connectivity index (χ2v) is 7.25. The van der Waals surface area contributed by atoms with Gasteiger partial charge in [-0.1, -0.05) is 62.7 Å². The summed E-state index contributed by atoms with van der Waals surface area (Å²) in [6, 6.07) is 4.02. The van der Waals surface area contributed by atoms with Gasteiger partial charge in [0.1, 0.15) is 0 Å². The van der Waals surface area contributed by atoms with E-state index in [4.69, 9.17) is 32.5 Å². The Morgan fingerprint density at radius 1 is 1.00 bits per heavy atom. The maximum Gasteiger partial charge on any atom is 0.496 e. The van der Waals surface area contributed by atoms with Crippen molar-refractivity contribution < 1.29 is 9.31 Å². The molecule has 1 saturated heterocycles. The van der Waals surface area contributed by atoms with E-state index in [2.05, 4.69) is 13.8 Å². The van der Waals surface area contributed by atoms with Crippen LogP contribution < -0.4 is 5.46 Å². The largest absolute Gasteiger partial charge is 0.496 e. The summed E-state index contributed by atoms with van der Waals surface area (Å²) in [6.45, 7) is 5.84. The summed E-state index contributed by atoms with van der Waals surface area (Å²) in [4.78, 5) is 0. The van der Waals surface area contributed by atoms with Crippen LogP contribution in [0.25, 0.3) is 0 Å². The van der Waals surface area contributed by atoms with Crippen LogP contribution in [0.4, 0.5) is 0 Å². The number of halogens is 2. The van der Waals surface area contributed by atoms with Crippen LogP contribution in [-0.4, -0.2) is 20.3 Å². The van der Waals surface area contributed by atoms with Crippen molar-refractivity contribution in [2.75, 3.05) is 13.2 Å². The van der Waals surface area contributed by atoms with Crippen molar-refractivity contribution >= 4 is 35.8 Å². The van der Waals surface area contributed by atoms with Gasteiger partial charge in [0.15, 0.2) is 0 Å². The first-order chi connectivity index (χ1) is 11.2. The van der Waals surface area contributed by atoms with Gasteiger partial charge < -0.3 is 9.31 Å². The molecule has 1 fully saturated rings. The van der Waals surface area contributed by atoms with Gasteiger partial charge in [-0.15, -0.1) is 0 Å². The first-order valence-corrected chi connectivity index (χ1v) is 9.62. The summed E-state index contributed by atoms with van der Waals surface area (Å²) in [5.41, 5.74) is 1.97. The monoisotopic (exact) mass is 356 g/mol. The van der Waals surface area contributed by atoms with Crippen molar-refractivity contribution in [1.82, 2.24) is 0 Å². The Hall–Kier alpha value is -0.215. The zero-order valence-electron chi connectivity index (χ0n) is 14.2. The second kappa shape index (κ2) is 9.93. The van der Waals surface area contributed by atoms with Crippen LogP contribution >= 0.6 is 23.2 Å². The number of rotatable bonds is 8. The van der Waals surface area contributed by atoms with Crippen LogP contribution in [-0.2, 0) is 15.7 Å². The SMILES string of the molecule is CCCCCc1cc(Cl)c(B2OCC(CCCC)CO2)c(Cl)c1. The summed E-state index contributed by atoms with van der Waals surface area (Å²) in [5.74, 6) is 0.483. The molecule has 0 spiro atoms. The molecule has 1 aromatic rings. The highest BCUT2D eigenvalue weighted by molar-refractivity contribution is 6.68. The molecule has 2 nitrogen and oxygen atoms in total.